The summed E-state index contributed by atoms with van der Waals surface area (Å²) in [6, 6.07) is 0.474. The Hall–Kier alpha value is -0.610. The Morgan fingerprint density at radius 1 is 1.35 bits per heavy atom. The van der Waals surface area contributed by atoms with Crippen LogP contribution in [0.3, 0.4) is 0 Å². The van der Waals surface area contributed by atoms with Gasteiger partial charge in [-0.25, -0.2) is 0 Å². The molecule has 4 heteroatoms. The molecule has 0 bridgehead atoms. The van der Waals surface area contributed by atoms with Crippen LogP contribution in [0.15, 0.2) is 0 Å². The first kappa shape index (κ1) is 14.5. The third-order valence-corrected chi connectivity index (χ3v) is 3.47. The minimum absolute atomic E-state index is 0.195. The predicted octanol–water partition coefficient (Wildman–Crippen LogP) is 1.75. The number of carboxylic acids is 1. The summed E-state index contributed by atoms with van der Waals surface area (Å²) in [7, 11) is 0. The van der Waals surface area contributed by atoms with Gasteiger partial charge in [-0.1, -0.05) is 33.1 Å². The average molecular weight is 242 g/mol. The third-order valence-electron chi connectivity index (χ3n) is 3.47. The van der Waals surface area contributed by atoms with Crippen molar-refractivity contribution < 1.29 is 9.90 Å². The number of rotatable bonds is 9. The minimum Gasteiger partial charge on any atom is -0.481 e. The molecule has 1 aliphatic rings. The first-order chi connectivity index (χ1) is 8.12. The maximum atomic E-state index is 10.9. The lowest BCUT2D eigenvalue weighted by atomic mass is 9.86. The lowest BCUT2D eigenvalue weighted by molar-refractivity contribution is -0.139. The van der Waals surface area contributed by atoms with Gasteiger partial charge in [0.2, 0.25) is 0 Å². The number of carboxylic acid groups (broad SMARTS) is 1. The molecule has 0 radical (unpaired) electrons. The molecule has 0 aromatic rings. The molecule has 1 unspecified atom stereocenters. The van der Waals surface area contributed by atoms with Crippen molar-refractivity contribution in [3.05, 3.63) is 0 Å². The van der Waals surface area contributed by atoms with Crippen LogP contribution >= 0.6 is 0 Å². The van der Waals surface area contributed by atoms with Crippen molar-refractivity contribution in [1.82, 2.24) is 10.6 Å². The highest BCUT2D eigenvalue weighted by atomic mass is 16.4. The number of carbonyl (C=O) groups is 1. The number of unbranched alkanes of at least 4 members (excludes halogenated alkanes) is 1. The fourth-order valence-corrected chi connectivity index (χ4v) is 2.52. The standard InChI is InChI=1S/C13H26N2O2/c1-3-5-7-11(6-4-2)15-13(8-12(16)17)9-14-10-13/h11,14-15H,3-10H2,1-2H3,(H,16,17). The zero-order valence-corrected chi connectivity index (χ0v) is 11.1. The van der Waals surface area contributed by atoms with E-state index in [0.717, 1.165) is 32.4 Å². The van der Waals surface area contributed by atoms with E-state index in [1.54, 1.807) is 0 Å². The molecule has 1 fully saturated rings. The summed E-state index contributed by atoms with van der Waals surface area (Å²) in [5, 5.41) is 15.7. The van der Waals surface area contributed by atoms with Gasteiger partial charge in [-0.05, 0) is 12.8 Å². The quantitative estimate of drug-likeness (QED) is 0.576. The molecule has 3 N–H and O–H groups in total. The molecule has 1 saturated heterocycles. The monoisotopic (exact) mass is 242 g/mol. The van der Waals surface area contributed by atoms with Crippen LogP contribution in [0.5, 0.6) is 0 Å². The van der Waals surface area contributed by atoms with Gasteiger partial charge < -0.3 is 15.7 Å². The van der Waals surface area contributed by atoms with Gasteiger partial charge in [0.25, 0.3) is 0 Å². The molecule has 0 amide bonds. The van der Waals surface area contributed by atoms with Gasteiger partial charge in [0.05, 0.1) is 12.0 Å². The Bertz CT molecular complexity index is 240. The number of nitrogens with one attached hydrogen (secondary N) is 2. The number of aliphatic carboxylic acids is 1. The van der Waals surface area contributed by atoms with Crippen LogP contribution in [0.1, 0.15) is 52.4 Å². The summed E-state index contributed by atoms with van der Waals surface area (Å²) in [6.45, 7) is 5.95. The SMILES string of the molecule is CCCCC(CCC)NC1(CC(=O)O)CNC1. The molecule has 1 atom stereocenters. The van der Waals surface area contributed by atoms with Gasteiger partial charge in [-0.3, -0.25) is 4.79 Å². The van der Waals surface area contributed by atoms with E-state index >= 15 is 0 Å². The molecular weight excluding hydrogens is 216 g/mol. The molecule has 1 rings (SSSR count). The van der Waals surface area contributed by atoms with Gasteiger partial charge in [-0.15, -0.1) is 0 Å². The second-order valence-corrected chi connectivity index (χ2v) is 5.23. The van der Waals surface area contributed by atoms with E-state index in [-0.39, 0.29) is 12.0 Å². The van der Waals surface area contributed by atoms with E-state index in [9.17, 15) is 4.79 Å². The van der Waals surface area contributed by atoms with Gasteiger partial charge in [0, 0.05) is 19.1 Å². The lowest BCUT2D eigenvalue weighted by Crippen LogP contribution is -2.70. The number of hydrogen-bond acceptors (Lipinski definition) is 3. The van der Waals surface area contributed by atoms with Crippen LogP contribution in [0.4, 0.5) is 0 Å². The Morgan fingerprint density at radius 2 is 2.06 bits per heavy atom. The summed E-state index contributed by atoms with van der Waals surface area (Å²) >= 11 is 0. The molecule has 0 spiro atoms. The van der Waals surface area contributed by atoms with Crippen LogP contribution < -0.4 is 10.6 Å². The molecule has 100 valence electrons. The fraction of sp³-hybridized carbons (Fsp3) is 0.923. The van der Waals surface area contributed by atoms with Gasteiger partial charge >= 0.3 is 5.97 Å². The summed E-state index contributed by atoms with van der Waals surface area (Å²) in [5.41, 5.74) is -0.195. The van der Waals surface area contributed by atoms with E-state index in [1.165, 1.54) is 12.8 Å². The minimum atomic E-state index is -0.704. The molecule has 0 saturated carbocycles. The van der Waals surface area contributed by atoms with Crippen LogP contribution in [-0.2, 0) is 4.79 Å². The van der Waals surface area contributed by atoms with Gasteiger partial charge in [0.15, 0.2) is 0 Å². The molecule has 1 aliphatic heterocycles. The van der Waals surface area contributed by atoms with Crippen molar-refractivity contribution in [1.29, 1.82) is 0 Å². The molecule has 0 aromatic carbocycles. The van der Waals surface area contributed by atoms with E-state index in [2.05, 4.69) is 24.5 Å². The lowest BCUT2D eigenvalue weighted by Gasteiger charge is -2.45. The topological polar surface area (TPSA) is 61.4 Å². The largest absolute Gasteiger partial charge is 0.481 e. The van der Waals surface area contributed by atoms with Gasteiger partial charge in [0.1, 0.15) is 0 Å². The molecule has 4 nitrogen and oxygen atoms in total. The molecular formula is C13H26N2O2. The second-order valence-electron chi connectivity index (χ2n) is 5.23. The summed E-state index contributed by atoms with van der Waals surface area (Å²) in [5.74, 6) is -0.704. The maximum Gasteiger partial charge on any atom is 0.305 e. The van der Waals surface area contributed by atoms with Crippen molar-refractivity contribution in [2.45, 2.75) is 64.0 Å². The summed E-state index contributed by atoms with van der Waals surface area (Å²) in [4.78, 5) is 10.9. The molecule has 0 aliphatic carbocycles. The van der Waals surface area contributed by atoms with Crippen molar-refractivity contribution in [2.75, 3.05) is 13.1 Å². The van der Waals surface area contributed by atoms with Crippen LogP contribution in [-0.4, -0.2) is 35.7 Å². The average Bonchev–Trinajstić information content (AvgIpc) is 2.22. The zero-order valence-electron chi connectivity index (χ0n) is 11.1. The maximum absolute atomic E-state index is 10.9. The van der Waals surface area contributed by atoms with Crippen molar-refractivity contribution in [3.63, 3.8) is 0 Å². The fourth-order valence-electron chi connectivity index (χ4n) is 2.52. The van der Waals surface area contributed by atoms with Gasteiger partial charge in [-0.2, -0.15) is 0 Å². The molecule has 0 aromatic heterocycles. The van der Waals surface area contributed by atoms with E-state index in [1.807, 2.05) is 0 Å². The highest BCUT2D eigenvalue weighted by molar-refractivity contribution is 5.68. The highest BCUT2D eigenvalue weighted by Gasteiger charge is 2.40. The van der Waals surface area contributed by atoms with E-state index < -0.39 is 5.97 Å². The van der Waals surface area contributed by atoms with Crippen LogP contribution in [0, 0.1) is 0 Å². The molecule has 1 heterocycles. The Balaban J connectivity index is 2.47. The molecule has 17 heavy (non-hydrogen) atoms. The van der Waals surface area contributed by atoms with E-state index in [4.69, 9.17) is 5.11 Å². The third kappa shape index (κ3) is 4.64. The highest BCUT2D eigenvalue weighted by Crippen LogP contribution is 2.20. The smallest absolute Gasteiger partial charge is 0.305 e. The first-order valence-corrected chi connectivity index (χ1v) is 6.82. The summed E-state index contributed by atoms with van der Waals surface area (Å²) < 4.78 is 0. The van der Waals surface area contributed by atoms with Crippen molar-refractivity contribution in [3.8, 4) is 0 Å². The van der Waals surface area contributed by atoms with Crippen molar-refractivity contribution in [2.24, 2.45) is 0 Å². The summed E-state index contributed by atoms with van der Waals surface area (Å²) in [6.07, 6.45) is 6.09. The van der Waals surface area contributed by atoms with Crippen LogP contribution in [0.2, 0.25) is 0 Å². The van der Waals surface area contributed by atoms with Crippen molar-refractivity contribution >= 4 is 5.97 Å². The Morgan fingerprint density at radius 3 is 2.47 bits per heavy atom. The Kier molecular flexibility index (Phi) is 5.92. The second kappa shape index (κ2) is 6.97. The predicted molar refractivity (Wildman–Crippen MR) is 69.2 cm³/mol. The van der Waals surface area contributed by atoms with E-state index in [0.29, 0.717) is 6.04 Å². The Labute approximate surface area is 104 Å². The number of hydrogen-bond donors (Lipinski definition) is 3. The first-order valence-electron chi connectivity index (χ1n) is 6.82. The normalized spacial score (nSPS) is 19.6. The van der Waals surface area contributed by atoms with Crippen LogP contribution in [0.25, 0.3) is 0 Å². The zero-order chi connectivity index (χ0) is 12.7.